The third-order valence-corrected chi connectivity index (χ3v) is 6.81. The Bertz CT molecular complexity index is 1080. The second kappa shape index (κ2) is 12.9. The molecule has 35 heavy (non-hydrogen) atoms. The molecule has 2 aromatic rings. The van der Waals surface area contributed by atoms with Crippen molar-refractivity contribution in [3.8, 4) is 0 Å². The molecule has 0 saturated heterocycles. The van der Waals surface area contributed by atoms with Crippen LogP contribution in [-0.2, 0) is 14.3 Å². The lowest BCUT2D eigenvalue weighted by Crippen LogP contribution is -2.31. The van der Waals surface area contributed by atoms with Gasteiger partial charge in [0.15, 0.2) is 6.61 Å². The molecule has 2 amide bonds. The molecule has 0 atom stereocenters. The SMILES string of the molecule is Cc1ccc(NC(=O)COC(=O)c2ccccc2SCC(=O)NCC2CCCCC2)c([N+](=O)[O-])c1. The Labute approximate surface area is 208 Å². The summed E-state index contributed by atoms with van der Waals surface area (Å²) in [6, 6.07) is 11.1. The summed E-state index contributed by atoms with van der Waals surface area (Å²) in [6.45, 7) is 1.78. The number of nitro groups is 1. The van der Waals surface area contributed by atoms with E-state index in [1.54, 1.807) is 37.3 Å². The van der Waals surface area contributed by atoms with Gasteiger partial charge in [0.2, 0.25) is 5.91 Å². The highest BCUT2D eigenvalue weighted by atomic mass is 32.2. The maximum Gasteiger partial charge on any atom is 0.339 e. The van der Waals surface area contributed by atoms with Gasteiger partial charge in [0.05, 0.1) is 16.2 Å². The minimum Gasteiger partial charge on any atom is -0.452 e. The van der Waals surface area contributed by atoms with Crippen LogP contribution < -0.4 is 10.6 Å². The Morgan fingerprint density at radius 3 is 2.57 bits per heavy atom. The summed E-state index contributed by atoms with van der Waals surface area (Å²) in [5.41, 5.74) is 0.703. The summed E-state index contributed by atoms with van der Waals surface area (Å²) in [5, 5.41) is 16.6. The first-order valence-electron chi connectivity index (χ1n) is 11.5. The van der Waals surface area contributed by atoms with Gasteiger partial charge in [-0.05, 0) is 49.4 Å². The molecule has 0 aliphatic heterocycles. The van der Waals surface area contributed by atoms with Gasteiger partial charge in [-0.25, -0.2) is 4.79 Å². The van der Waals surface area contributed by atoms with Gasteiger partial charge in [-0.1, -0.05) is 37.5 Å². The van der Waals surface area contributed by atoms with Gasteiger partial charge >= 0.3 is 5.97 Å². The smallest absolute Gasteiger partial charge is 0.339 e. The molecule has 3 rings (SSSR count). The fourth-order valence-electron chi connectivity index (χ4n) is 3.90. The molecule has 0 spiro atoms. The maximum absolute atomic E-state index is 12.6. The monoisotopic (exact) mass is 499 g/mol. The zero-order valence-corrected chi connectivity index (χ0v) is 20.4. The number of ether oxygens (including phenoxy) is 1. The lowest BCUT2D eigenvalue weighted by atomic mass is 9.89. The van der Waals surface area contributed by atoms with Crippen molar-refractivity contribution >= 4 is 40.9 Å². The molecule has 1 saturated carbocycles. The van der Waals surface area contributed by atoms with Gasteiger partial charge in [-0.15, -0.1) is 11.8 Å². The number of rotatable bonds is 10. The zero-order valence-electron chi connectivity index (χ0n) is 19.6. The summed E-state index contributed by atoms with van der Waals surface area (Å²) in [5.74, 6) is -0.814. The first-order valence-corrected chi connectivity index (χ1v) is 12.5. The third-order valence-electron chi connectivity index (χ3n) is 5.74. The Hall–Kier alpha value is -3.40. The van der Waals surface area contributed by atoms with Crippen LogP contribution in [-0.4, -0.2) is 41.6 Å². The van der Waals surface area contributed by atoms with E-state index in [1.165, 1.54) is 43.2 Å². The average Bonchev–Trinajstić information content (AvgIpc) is 2.86. The molecular weight excluding hydrogens is 470 g/mol. The number of nitrogens with zero attached hydrogens (tertiary/aromatic N) is 1. The predicted octanol–water partition coefficient (Wildman–Crippen LogP) is 4.49. The normalized spacial score (nSPS) is 13.6. The van der Waals surface area contributed by atoms with Crippen molar-refractivity contribution in [2.75, 3.05) is 24.2 Å². The van der Waals surface area contributed by atoms with Gasteiger partial charge in [0.1, 0.15) is 5.69 Å². The van der Waals surface area contributed by atoms with Gasteiger partial charge in [0.25, 0.3) is 11.6 Å². The molecule has 2 N–H and O–H groups in total. The summed E-state index contributed by atoms with van der Waals surface area (Å²) < 4.78 is 5.13. The number of carbonyl (C=O) groups is 3. The standard InChI is InChI=1S/C25H29N3O6S/c1-17-11-12-20(21(13-17)28(32)33)27-23(29)15-34-25(31)19-9-5-6-10-22(19)35-16-24(30)26-14-18-7-3-2-4-8-18/h5-6,9-13,18H,2-4,7-8,14-16H2,1H3,(H,26,30)(H,27,29). The highest BCUT2D eigenvalue weighted by Crippen LogP contribution is 2.26. The van der Waals surface area contributed by atoms with Crippen LogP contribution in [0.4, 0.5) is 11.4 Å². The minimum atomic E-state index is -0.718. The Kier molecular flexibility index (Phi) is 9.66. The number of nitro benzene ring substituents is 1. The minimum absolute atomic E-state index is 0.0249. The Morgan fingerprint density at radius 2 is 1.83 bits per heavy atom. The lowest BCUT2D eigenvalue weighted by molar-refractivity contribution is -0.384. The van der Waals surface area contributed by atoms with E-state index in [1.807, 2.05) is 0 Å². The van der Waals surface area contributed by atoms with Crippen molar-refractivity contribution in [2.24, 2.45) is 5.92 Å². The van der Waals surface area contributed by atoms with Gasteiger partial charge in [-0.2, -0.15) is 0 Å². The molecular formula is C25H29N3O6S. The van der Waals surface area contributed by atoms with E-state index in [0.717, 1.165) is 12.8 Å². The van der Waals surface area contributed by atoms with E-state index in [2.05, 4.69) is 10.6 Å². The van der Waals surface area contributed by atoms with Crippen LogP contribution >= 0.6 is 11.8 Å². The summed E-state index contributed by atoms with van der Waals surface area (Å²) in [4.78, 5) is 48.3. The van der Waals surface area contributed by atoms with E-state index in [0.29, 0.717) is 22.9 Å². The number of nitrogens with one attached hydrogen (secondary N) is 2. The predicted molar refractivity (Wildman–Crippen MR) is 133 cm³/mol. The largest absolute Gasteiger partial charge is 0.452 e. The van der Waals surface area contributed by atoms with Crippen molar-refractivity contribution in [1.82, 2.24) is 5.32 Å². The van der Waals surface area contributed by atoms with E-state index in [4.69, 9.17) is 4.74 Å². The van der Waals surface area contributed by atoms with Crippen LogP contribution in [0, 0.1) is 23.0 Å². The molecule has 1 fully saturated rings. The molecule has 0 bridgehead atoms. The topological polar surface area (TPSA) is 128 Å². The average molecular weight is 500 g/mol. The van der Waals surface area contributed by atoms with Gasteiger partial charge in [-0.3, -0.25) is 19.7 Å². The van der Waals surface area contributed by atoms with Crippen LogP contribution in [0.1, 0.15) is 48.0 Å². The van der Waals surface area contributed by atoms with Crippen molar-refractivity contribution in [3.05, 3.63) is 63.7 Å². The zero-order chi connectivity index (χ0) is 25.2. The van der Waals surface area contributed by atoms with Crippen LogP contribution in [0.15, 0.2) is 47.4 Å². The van der Waals surface area contributed by atoms with E-state index >= 15 is 0 Å². The molecule has 9 nitrogen and oxygen atoms in total. The fourth-order valence-corrected chi connectivity index (χ4v) is 4.77. The number of esters is 1. The molecule has 1 aliphatic rings. The summed E-state index contributed by atoms with van der Waals surface area (Å²) in [6.07, 6.45) is 5.98. The maximum atomic E-state index is 12.6. The fraction of sp³-hybridized carbons (Fsp3) is 0.400. The molecule has 0 aromatic heterocycles. The van der Waals surface area contributed by atoms with Crippen molar-refractivity contribution in [3.63, 3.8) is 0 Å². The van der Waals surface area contributed by atoms with Crippen molar-refractivity contribution in [2.45, 2.75) is 43.9 Å². The molecule has 1 aliphatic carbocycles. The number of thioether (sulfide) groups is 1. The first kappa shape index (κ1) is 26.2. The molecule has 0 heterocycles. The van der Waals surface area contributed by atoms with Crippen LogP contribution in [0.25, 0.3) is 0 Å². The van der Waals surface area contributed by atoms with E-state index in [9.17, 15) is 24.5 Å². The molecule has 186 valence electrons. The molecule has 2 aromatic carbocycles. The van der Waals surface area contributed by atoms with Gasteiger partial charge in [0, 0.05) is 17.5 Å². The van der Waals surface area contributed by atoms with E-state index in [-0.39, 0.29) is 28.6 Å². The number of hydrogen-bond donors (Lipinski definition) is 2. The van der Waals surface area contributed by atoms with Crippen LogP contribution in [0.2, 0.25) is 0 Å². The summed E-state index contributed by atoms with van der Waals surface area (Å²) >= 11 is 1.23. The number of hydrogen-bond acceptors (Lipinski definition) is 7. The van der Waals surface area contributed by atoms with Crippen LogP contribution in [0.3, 0.4) is 0 Å². The van der Waals surface area contributed by atoms with Crippen molar-refractivity contribution in [1.29, 1.82) is 0 Å². The lowest BCUT2D eigenvalue weighted by Gasteiger charge is -2.21. The van der Waals surface area contributed by atoms with Crippen LogP contribution in [0.5, 0.6) is 0 Å². The number of amides is 2. The molecule has 0 radical (unpaired) electrons. The third kappa shape index (κ3) is 8.10. The number of benzene rings is 2. The second-order valence-corrected chi connectivity index (χ2v) is 9.51. The quantitative estimate of drug-likeness (QED) is 0.213. The molecule has 0 unspecified atom stereocenters. The number of anilines is 1. The number of carbonyl (C=O) groups excluding carboxylic acids is 3. The second-order valence-electron chi connectivity index (χ2n) is 8.49. The number of aryl methyl sites for hydroxylation is 1. The summed E-state index contributed by atoms with van der Waals surface area (Å²) in [7, 11) is 0. The van der Waals surface area contributed by atoms with Gasteiger partial charge < -0.3 is 15.4 Å². The Balaban J connectivity index is 1.50. The van der Waals surface area contributed by atoms with E-state index < -0.39 is 23.4 Å². The Morgan fingerprint density at radius 1 is 1.09 bits per heavy atom. The van der Waals surface area contributed by atoms with Crippen molar-refractivity contribution < 1.29 is 24.0 Å². The first-order chi connectivity index (χ1) is 16.8. The highest BCUT2D eigenvalue weighted by molar-refractivity contribution is 8.00. The highest BCUT2D eigenvalue weighted by Gasteiger charge is 2.19. The molecule has 10 heteroatoms.